The minimum absolute atomic E-state index is 0. The van der Waals surface area contributed by atoms with Gasteiger partial charge in [0.2, 0.25) is 5.91 Å². The van der Waals surface area contributed by atoms with Crippen molar-refractivity contribution in [3.8, 4) is 0 Å². The highest BCUT2D eigenvalue weighted by molar-refractivity contribution is 7.10. The second-order valence-corrected chi connectivity index (χ2v) is 7.18. The summed E-state index contributed by atoms with van der Waals surface area (Å²) in [5.41, 5.74) is 7.21. The number of ether oxygens (including phenoxy) is 1. The van der Waals surface area contributed by atoms with Crippen LogP contribution in [-0.4, -0.2) is 61.1 Å². The summed E-state index contributed by atoms with van der Waals surface area (Å²) in [5.74, 6) is 0.228. The lowest BCUT2D eigenvalue weighted by Crippen LogP contribution is -2.52. The molecule has 1 aromatic heterocycles. The van der Waals surface area contributed by atoms with Crippen LogP contribution in [0.25, 0.3) is 0 Å². The average molecular weight is 360 g/mol. The minimum atomic E-state index is 0. The number of piperidine rings is 1. The topological polar surface area (TPSA) is 58.8 Å². The Bertz CT molecular complexity index is 525. The average Bonchev–Trinajstić information content (AvgIpc) is 3.02. The van der Waals surface area contributed by atoms with E-state index in [1.54, 1.807) is 18.4 Å². The normalized spacial score (nSPS) is 24.9. The number of hydrogen-bond donors (Lipinski definition) is 1. The standard InChI is InChI=1S/C16H25N3O2S.ClH/c1-21-14-2-5-18(13(8-14)9-17)11-16(20)19-6-3-15-12(10-19)4-7-22-15;/h4,7,13-14H,2-3,5-6,8-11,17H2,1H3;1H. The molecule has 1 aromatic rings. The number of nitrogens with two attached hydrogens (primary N) is 1. The predicted octanol–water partition coefficient (Wildman–Crippen LogP) is 1.49. The Morgan fingerprint density at radius 1 is 1.48 bits per heavy atom. The fourth-order valence-corrected chi connectivity index (χ4v) is 4.36. The van der Waals surface area contributed by atoms with E-state index in [0.717, 1.165) is 38.9 Å². The Morgan fingerprint density at radius 2 is 2.30 bits per heavy atom. The van der Waals surface area contributed by atoms with Crippen LogP contribution in [0.5, 0.6) is 0 Å². The maximum absolute atomic E-state index is 12.6. The van der Waals surface area contributed by atoms with Gasteiger partial charge in [0.15, 0.2) is 0 Å². The lowest BCUT2D eigenvalue weighted by Gasteiger charge is -2.39. The van der Waals surface area contributed by atoms with Crippen molar-refractivity contribution in [2.75, 3.05) is 33.3 Å². The van der Waals surface area contributed by atoms with Gasteiger partial charge in [0.25, 0.3) is 0 Å². The van der Waals surface area contributed by atoms with Crippen molar-refractivity contribution in [2.45, 2.75) is 38.0 Å². The third-order valence-corrected chi connectivity index (χ3v) is 5.92. The lowest BCUT2D eigenvalue weighted by atomic mass is 9.99. The first kappa shape index (κ1) is 18.7. The minimum Gasteiger partial charge on any atom is -0.381 e. The molecule has 1 amide bonds. The zero-order valence-electron chi connectivity index (χ0n) is 13.6. The molecule has 0 bridgehead atoms. The van der Waals surface area contributed by atoms with Crippen LogP contribution in [0.15, 0.2) is 11.4 Å². The summed E-state index contributed by atoms with van der Waals surface area (Å²) < 4.78 is 5.45. The zero-order valence-corrected chi connectivity index (χ0v) is 15.2. The molecule has 0 spiro atoms. The van der Waals surface area contributed by atoms with E-state index in [1.165, 1.54) is 10.4 Å². The summed E-state index contributed by atoms with van der Waals surface area (Å²) in [6.07, 6.45) is 3.18. The number of nitrogens with zero attached hydrogens (tertiary/aromatic N) is 2. The van der Waals surface area contributed by atoms with E-state index in [0.29, 0.717) is 13.1 Å². The fourth-order valence-electron chi connectivity index (χ4n) is 3.47. The monoisotopic (exact) mass is 359 g/mol. The van der Waals surface area contributed by atoms with E-state index in [9.17, 15) is 4.79 Å². The van der Waals surface area contributed by atoms with Gasteiger partial charge < -0.3 is 15.4 Å². The maximum atomic E-state index is 12.6. The summed E-state index contributed by atoms with van der Waals surface area (Å²) in [6.45, 7) is 3.57. The molecule has 5 nitrogen and oxygen atoms in total. The zero-order chi connectivity index (χ0) is 15.5. The predicted molar refractivity (Wildman–Crippen MR) is 95.1 cm³/mol. The van der Waals surface area contributed by atoms with Crippen molar-refractivity contribution >= 4 is 29.7 Å². The molecule has 3 rings (SSSR count). The van der Waals surface area contributed by atoms with Crippen LogP contribution < -0.4 is 5.73 Å². The van der Waals surface area contributed by atoms with Crippen molar-refractivity contribution in [3.63, 3.8) is 0 Å². The molecule has 1 saturated heterocycles. The second kappa shape index (κ2) is 8.44. The molecule has 2 N–H and O–H groups in total. The number of rotatable bonds is 4. The van der Waals surface area contributed by atoms with Gasteiger partial charge >= 0.3 is 0 Å². The van der Waals surface area contributed by atoms with Crippen molar-refractivity contribution in [1.82, 2.24) is 9.80 Å². The Labute approximate surface area is 148 Å². The van der Waals surface area contributed by atoms with Crippen LogP contribution in [0, 0.1) is 0 Å². The van der Waals surface area contributed by atoms with Crippen molar-refractivity contribution in [2.24, 2.45) is 5.73 Å². The highest BCUT2D eigenvalue weighted by atomic mass is 35.5. The molecule has 23 heavy (non-hydrogen) atoms. The number of hydrogen-bond acceptors (Lipinski definition) is 5. The number of thiophene rings is 1. The summed E-state index contributed by atoms with van der Waals surface area (Å²) >= 11 is 1.80. The molecule has 2 unspecified atom stereocenters. The molecule has 2 atom stereocenters. The van der Waals surface area contributed by atoms with Crippen molar-refractivity contribution in [3.05, 3.63) is 21.9 Å². The number of methoxy groups -OCH3 is 1. The third kappa shape index (κ3) is 4.25. The van der Waals surface area contributed by atoms with Crippen LogP contribution >= 0.6 is 23.7 Å². The Hall–Kier alpha value is -0.660. The fraction of sp³-hybridized carbons (Fsp3) is 0.688. The van der Waals surface area contributed by atoms with Crippen LogP contribution in [0.3, 0.4) is 0 Å². The summed E-state index contributed by atoms with van der Waals surface area (Å²) in [4.78, 5) is 18.3. The molecule has 0 aliphatic carbocycles. The van der Waals surface area contributed by atoms with E-state index in [1.807, 2.05) is 4.90 Å². The summed E-state index contributed by atoms with van der Waals surface area (Å²) in [7, 11) is 1.76. The number of halogens is 1. The Kier molecular flexibility index (Phi) is 6.85. The van der Waals surface area contributed by atoms with Gasteiger partial charge in [-0.05, 0) is 36.3 Å². The highest BCUT2D eigenvalue weighted by Gasteiger charge is 2.30. The Morgan fingerprint density at radius 3 is 3.04 bits per heavy atom. The molecule has 130 valence electrons. The van der Waals surface area contributed by atoms with E-state index in [2.05, 4.69) is 16.3 Å². The quantitative estimate of drug-likeness (QED) is 0.885. The van der Waals surface area contributed by atoms with Crippen LogP contribution in [0.2, 0.25) is 0 Å². The SMILES string of the molecule is COC1CCN(CC(=O)N2CCc3sccc3C2)C(CN)C1.Cl. The van der Waals surface area contributed by atoms with Gasteiger partial charge in [0.05, 0.1) is 12.6 Å². The second-order valence-electron chi connectivity index (χ2n) is 6.18. The van der Waals surface area contributed by atoms with Gasteiger partial charge in [-0.2, -0.15) is 0 Å². The Balaban J connectivity index is 0.00000192. The number of fused-ring (bicyclic) bond motifs is 1. The molecule has 0 aromatic carbocycles. The van der Waals surface area contributed by atoms with Gasteiger partial charge in [0, 0.05) is 44.2 Å². The van der Waals surface area contributed by atoms with Crippen LogP contribution in [0.4, 0.5) is 0 Å². The van der Waals surface area contributed by atoms with Gasteiger partial charge in [-0.1, -0.05) is 0 Å². The van der Waals surface area contributed by atoms with Crippen LogP contribution in [0.1, 0.15) is 23.3 Å². The largest absolute Gasteiger partial charge is 0.381 e. The van der Waals surface area contributed by atoms with E-state index in [4.69, 9.17) is 10.5 Å². The number of carbonyl (C=O) groups excluding carboxylic acids is 1. The molecule has 0 saturated carbocycles. The summed E-state index contributed by atoms with van der Waals surface area (Å²) in [5, 5.41) is 2.12. The van der Waals surface area contributed by atoms with Gasteiger partial charge in [-0.15, -0.1) is 23.7 Å². The third-order valence-electron chi connectivity index (χ3n) is 4.89. The molecular formula is C16H26ClN3O2S. The molecule has 7 heteroatoms. The van der Waals surface area contributed by atoms with E-state index in [-0.39, 0.29) is 30.5 Å². The molecule has 2 aliphatic rings. The number of likely N-dealkylation sites (tertiary alicyclic amines) is 1. The molecule has 0 radical (unpaired) electrons. The first-order valence-corrected chi connectivity index (χ1v) is 8.89. The maximum Gasteiger partial charge on any atom is 0.237 e. The first-order valence-electron chi connectivity index (χ1n) is 8.01. The van der Waals surface area contributed by atoms with Crippen LogP contribution in [-0.2, 0) is 22.5 Å². The summed E-state index contributed by atoms with van der Waals surface area (Å²) in [6, 6.07) is 2.40. The molecule has 2 aliphatic heterocycles. The van der Waals surface area contributed by atoms with E-state index < -0.39 is 0 Å². The van der Waals surface area contributed by atoms with Crippen molar-refractivity contribution < 1.29 is 9.53 Å². The van der Waals surface area contributed by atoms with E-state index >= 15 is 0 Å². The lowest BCUT2D eigenvalue weighted by molar-refractivity contribution is -0.134. The smallest absolute Gasteiger partial charge is 0.237 e. The van der Waals surface area contributed by atoms with Gasteiger partial charge in [0.1, 0.15) is 0 Å². The number of carbonyl (C=O) groups is 1. The molecular weight excluding hydrogens is 334 g/mol. The van der Waals surface area contributed by atoms with Gasteiger partial charge in [-0.25, -0.2) is 0 Å². The van der Waals surface area contributed by atoms with Gasteiger partial charge in [-0.3, -0.25) is 9.69 Å². The first-order chi connectivity index (χ1) is 10.7. The highest BCUT2D eigenvalue weighted by Crippen LogP contribution is 2.25. The molecule has 3 heterocycles. The molecule has 1 fully saturated rings. The van der Waals surface area contributed by atoms with Crippen molar-refractivity contribution in [1.29, 1.82) is 0 Å². The number of amides is 1.